The molecule has 0 radical (unpaired) electrons. The van der Waals surface area contributed by atoms with Crippen LogP contribution in [0.2, 0.25) is 0 Å². The van der Waals surface area contributed by atoms with Gasteiger partial charge in [0.25, 0.3) is 22.0 Å². The minimum atomic E-state index is -4.83. The van der Waals surface area contributed by atoms with Gasteiger partial charge in [-0.15, -0.1) is 0 Å². The molecule has 1 atom stereocenters. The second-order valence-electron chi connectivity index (χ2n) is 3.60. The molecule has 1 aromatic carbocycles. The second kappa shape index (κ2) is 5.91. The summed E-state index contributed by atoms with van der Waals surface area (Å²) in [4.78, 5) is 10.4. The molecule has 106 valence electrons. The molecule has 0 saturated heterocycles. The first-order valence-electron chi connectivity index (χ1n) is 4.97. The Balaban J connectivity index is 2.81. The first kappa shape index (κ1) is 15.3. The highest BCUT2D eigenvalue weighted by molar-refractivity contribution is 7.93. The zero-order valence-electron chi connectivity index (χ0n) is 9.39. The Morgan fingerprint density at radius 3 is 2.16 bits per heavy atom. The van der Waals surface area contributed by atoms with Crippen molar-refractivity contribution in [1.82, 2.24) is 0 Å². The van der Waals surface area contributed by atoms with E-state index in [4.69, 9.17) is 5.11 Å². The number of hydrogen-bond acceptors (Lipinski definition) is 3. The number of carbonyl (C=O) groups is 1. The molecule has 5 nitrogen and oxygen atoms in total. The van der Waals surface area contributed by atoms with Gasteiger partial charge in [-0.05, 0) is 17.7 Å². The number of sulfonamides is 1. The number of benzene rings is 1. The van der Waals surface area contributed by atoms with Crippen molar-refractivity contribution in [3.63, 3.8) is 0 Å². The quantitative estimate of drug-likeness (QED) is 0.835. The number of carboxylic acids is 1. The summed E-state index contributed by atoms with van der Waals surface area (Å²) in [6.07, 6.45) is -3.92. The van der Waals surface area contributed by atoms with Crippen molar-refractivity contribution in [3.05, 3.63) is 29.8 Å². The molecule has 0 aliphatic carbocycles. The van der Waals surface area contributed by atoms with E-state index in [1.807, 2.05) is 0 Å². The van der Waals surface area contributed by atoms with Crippen LogP contribution >= 0.6 is 0 Å². The van der Waals surface area contributed by atoms with Crippen molar-refractivity contribution in [2.45, 2.75) is 18.3 Å². The molecular formula is C10H10F3NO4S. The van der Waals surface area contributed by atoms with Gasteiger partial charge in [-0.1, -0.05) is 12.1 Å². The molecule has 0 aromatic heterocycles. The zero-order valence-corrected chi connectivity index (χ0v) is 10.2. The molecule has 1 rings (SSSR count). The van der Waals surface area contributed by atoms with Crippen molar-refractivity contribution in [3.8, 4) is 0 Å². The van der Waals surface area contributed by atoms with Crippen LogP contribution in [0.4, 0.5) is 18.9 Å². The summed E-state index contributed by atoms with van der Waals surface area (Å²) in [5, 5.41) is 8.51. The highest BCUT2D eigenvalue weighted by atomic mass is 32.2. The topological polar surface area (TPSA) is 83.5 Å². The van der Waals surface area contributed by atoms with Gasteiger partial charge in [0.05, 0.1) is 6.42 Å². The molecular weight excluding hydrogens is 287 g/mol. The van der Waals surface area contributed by atoms with Crippen LogP contribution in [0.15, 0.2) is 24.3 Å². The molecule has 0 bridgehead atoms. The molecule has 0 spiro atoms. The number of halogens is 3. The van der Waals surface area contributed by atoms with E-state index in [0.29, 0.717) is 5.56 Å². The average Bonchev–Trinajstić information content (AvgIpc) is 2.29. The van der Waals surface area contributed by atoms with E-state index >= 15 is 0 Å². The molecule has 1 aromatic rings. The Morgan fingerprint density at radius 2 is 1.74 bits per heavy atom. The molecule has 2 N–H and O–H groups in total. The lowest BCUT2D eigenvalue weighted by atomic mass is 10.1. The second-order valence-corrected chi connectivity index (χ2v) is 5.34. The van der Waals surface area contributed by atoms with Crippen molar-refractivity contribution in [1.29, 1.82) is 0 Å². The molecule has 0 aliphatic rings. The molecule has 0 aliphatic heterocycles. The molecule has 0 saturated carbocycles. The Bertz CT molecular complexity index is 544. The van der Waals surface area contributed by atoms with Crippen LogP contribution in [-0.4, -0.2) is 31.4 Å². The fourth-order valence-corrected chi connectivity index (χ4v) is 2.07. The monoisotopic (exact) mass is 297 g/mol. The van der Waals surface area contributed by atoms with Gasteiger partial charge in [-0.3, -0.25) is 9.52 Å². The van der Waals surface area contributed by atoms with Gasteiger partial charge >= 0.3 is 5.97 Å². The standard InChI is InChI=1S/C10H10F3NO4S/c11-9(12)10(13)19(17,18)14-7-3-1-6(2-4-7)5-8(15)16/h1-4,9-10,14H,5H2,(H,15,16). The minimum Gasteiger partial charge on any atom is -0.481 e. The lowest BCUT2D eigenvalue weighted by Gasteiger charge is -2.11. The van der Waals surface area contributed by atoms with Gasteiger partial charge in [0.2, 0.25) is 0 Å². The maximum atomic E-state index is 12.8. The molecule has 19 heavy (non-hydrogen) atoms. The maximum absolute atomic E-state index is 12.8. The number of carboxylic acid groups (broad SMARTS) is 1. The van der Waals surface area contributed by atoms with Crippen molar-refractivity contribution >= 4 is 21.7 Å². The average molecular weight is 297 g/mol. The number of aliphatic carboxylic acids is 1. The van der Waals surface area contributed by atoms with Crippen LogP contribution in [0.25, 0.3) is 0 Å². The number of hydrogen-bond donors (Lipinski definition) is 2. The summed E-state index contributed by atoms with van der Waals surface area (Å²) in [6.45, 7) is 0. The highest BCUT2D eigenvalue weighted by Gasteiger charge is 2.34. The molecule has 1 unspecified atom stereocenters. The summed E-state index contributed by atoms with van der Waals surface area (Å²) >= 11 is 0. The van der Waals surface area contributed by atoms with Crippen molar-refractivity contribution in [2.24, 2.45) is 0 Å². The zero-order chi connectivity index (χ0) is 14.6. The van der Waals surface area contributed by atoms with E-state index in [2.05, 4.69) is 0 Å². The third kappa shape index (κ3) is 4.43. The molecule has 9 heteroatoms. The lowest BCUT2D eigenvalue weighted by molar-refractivity contribution is -0.136. The van der Waals surface area contributed by atoms with Crippen LogP contribution in [-0.2, 0) is 21.2 Å². The van der Waals surface area contributed by atoms with Crippen LogP contribution in [0.5, 0.6) is 0 Å². The van der Waals surface area contributed by atoms with Crippen LogP contribution in [0.1, 0.15) is 5.56 Å². The van der Waals surface area contributed by atoms with E-state index in [0.717, 1.165) is 12.1 Å². The Kier molecular flexibility index (Phi) is 4.76. The smallest absolute Gasteiger partial charge is 0.307 e. The van der Waals surface area contributed by atoms with E-state index in [1.165, 1.54) is 12.1 Å². The van der Waals surface area contributed by atoms with Crippen LogP contribution in [0, 0.1) is 0 Å². The highest BCUT2D eigenvalue weighted by Crippen LogP contribution is 2.18. The fraction of sp³-hybridized carbons (Fsp3) is 0.300. The largest absolute Gasteiger partial charge is 0.481 e. The Morgan fingerprint density at radius 1 is 1.21 bits per heavy atom. The summed E-state index contributed by atoms with van der Waals surface area (Å²) in [5.74, 6) is -1.07. The normalized spacial score (nSPS) is 13.3. The van der Waals surface area contributed by atoms with Gasteiger partial charge in [0, 0.05) is 5.69 Å². The van der Waals surface area contributed by atoms with Crippen molar-refractivity contribution in [2.75, 3.05) is 4.72 Å². The summed E-state index contributed by atoms with van der Waals surface area (Å²) in [7, 11) is -4.83. The number of rotatable bonds is 6. The molecule has 0 fully saturated rings. The third-order valence-corrected chi connectivity index (χ3v) is 3.38. The van der Waals surface area contributed by atoms with Gasteiger partial charge < -0.3 is 5.11 Å². The third-order valence-electron chi connectivity index (χ3n) is 2.06. The Hall–Kier alpha value is -1.77. The lowest BCUT2D eigenvalue weighted by Crippen LogP contribution is -2.29. The first-order chi connectivity index (χ1) is 8.72. The number of anilines is 1. The van der Waals surface area contributed by atoms with E-state index in [-0.39, 0.29) is 12.1 Å². The maximum Gasteiger partial charge on any atom is 0.307 e. The predicted octanol–water partition coefficient (Wildman–Crippen LogP) is 1.62. The van der Waals surface area contributed by atoms with Gasteiger partial charge in [-0.25, -0.2) is 21.6 Å². The van der Waals surface area contributed by atoms with E-state index in [9.17, 15) is 26.4 Å². The summed E-state index contributed by atoms with van der Waals surface area (Å²) in [6, 6.07) is 4.91. The predicted molar refractivity (Wildman–Crippen MR) is 61.2 cm³/mol. The minimum absolute atomic E-state index is 0.127. The van der Waals surface area contributed by atoms with Crippen LogP contribution < -0.4 is 4.72 Å². The van der Waals surface area contributed by atoms with Gasteiger partial charge in [0.1, 0.15) is 0 Å². The van der Waals surface area contributed by atoms with Crippen molar-refractivity contribution < 1.29 is 31.5 Å². The van der Waals surface area contributed by atoms with Gasteiger partial charge in [0.15, 0.2) is 0 Å². The van der Waals surface area contributed by atoms with Gasteiger partial charge in [-0.2, -0.15) is 0 Å². The first-order valence-corrected chi connectivity index (χ1v) is 6.51. The number of alkyl halides is 3. The fourth-order valence-electron chi connectivity index (χ4n) is 1.22. The van der Waals surface area contributed by atoms with Crippen LogP contribution in [0.3, 0.4) is 0 Å². The number of nitrogens with one attached hydrogen (secondary N) is 1. The Labute approximate surface area is 107 Å². The van der Waals surface area contributed by atoms with E-state index < -0.39 is 27.9 Å². The SMILES string of the molecule is O=C(O)Cc1ccc(NS(=O)(=O)C(F)C(F)F)cc1. The van der Waals surface area contributed by atoms with E-state index in [1.54, 1.807) is 4.72 Å². The summed E-state index contributed by atoms with van der Waals surface area (Å²) < 4.78 is 60.6. The molecule has 0 amide bonds. The molecule has 0 heterocycles. The summed E-state index contributed by atoms with van der Waals surface area (Å²) in [5.41, 5.74) is -3.07.